The molecule has 0 spiro atoms. The molecule has 0 unspecified atom stereocenters. The van der Waals surface area contributed by atoms with E-state index in [9.17, 15) is 18.0 Å². The van der Waals surface area contributed by atoms with Crippen molar-refractivity contribution < 1.29 is 18.0 Å². The summed E-state index contributed by atoms with van der Waals surface area (Å²) in [5.74, 6) is -0.526. The fourth-order valence-corrected chi connectivity index (χ4v) is 5.41. The van der Waals surface area contributed by atoms with Crippen LogP contribution in [0, 0.1) is 5.92 Å². The quantitative estimate of drug-likeness (QED) is 0.775. The van der Waals surface area contributed by atoms with E-state index in [2.05, 4.69) is 10.3 Å². The van der Waals surface area contributed by atoms with Crippen LogP contribution >= 0.6 is 11.3 Å². The summed E-state index contributed by atoms with van der Waals surface area (Å²) >= 11 is 1.34. The van der Waals surface area contributed by atoms with Crippen molar-refractivity contribution in [2.24, 2.45) is 5.92 Å². The summed E-state index contributed by atoms with van der Waals surface area (Å²) in [5.41, 5.74) is 1.97. The molecule has 0 radical (unpaired) electrons. The lowest BCUT2D eigenvalue weighted by atomic mass is 10.0. The molecule has 0 bridgehead atoms. The molecule has 3 heterocycles. The average Bonchev–Trinajstić information content (AvgIpc) is 3.18. The van der Waals surface area contributed by atoms with E-state index in [4.69, 9.17) is 0 Å². The highest BCUT2D eigenvalue weighted by molar-refractivity contribution is 7.88. The first-order valence-electron chi connectivity index (χ1n) is 7.20. The molecule has 0 aromatic carbocycles. The summed E-state index contributed by atoms with van der Waals surface area (Å²) in [4.78, 5) is 30.0. The van der Waals surface area contributed by atoms with Crippen LogP contribution in [0.4, 0.5) is 0 Å². The van der Waals surface area contributed by atoms with Crippen molar-refractivity contribution in [1.82, 2.24) is 19.5 Å². The molecule has 2 aliphatic rings. The number of hydrogen-bond acceptors (Lipinski definition) is 6. The van der Waals surface area contributed by atoms with Gasteiger partial charge in [-0.25, -0.2) is 13.4 Å². The molecule has 3 atom stereocenters. The van der Waals surface area contributed by atoms with Gasteiger partial charge in [-0.3, -0.25) is 9.59 Å². The van der Waals surface area contributed by atoms with E-state index < -0.39 is 16.1 Å². The van der Waals surface area contributed by atoms with E-state index in [1.54, 1.807) is 15.8 Å². The highest BCUT2D eigenvalue weighted by atomic mass is 32.2. The summed E-state index contributed by atoms with van der Waals surface area (Å²) in [6.07, 6.45) is 1.54. The summed E-state index contributed by atoms with van der Waals surface area (Å²) < 4.78 is 25.6. The van der Waals surface area contributed by atoms with Gasteiger partial charge in [0.1, 0.15) is 11.7 Å². The molecule has 2 aliphatic heterocycles. The molecule has 1 N–H and O–H groups in total. The number of nitrogens with one attached hydrogen (secondary N) is 1. The van der Waals surface area contributed by atoms with Crippen LogP contribution < -0.4 is 5.32 Å². The molecule has 126 valence electrons. The Bertz CT molecular complexity index is 718. The number of carbonyl (C=O) groups excluding carboxylic acids is 2. The van der Waals surface area contributed by atoms with Crippen molar-refractivity contribution in [3.8, 4) is 0 Å². The largest absolute Gasteiger partial charge is 0.358 e. The number of likely N-dealkylation sites (N-methyl/N-ethyl adjacent to an activating group) is 1. The van der Waals surface area contributed by atoms with Crippen molar-refractivity contribution in [3.05, 3.63) is 16.6 Å². The minimum Gasteiger partial charge on any atom is -0.358 e. The first kappa shape index (κ1) is 16.3. The van der Waals surface area contributed by atoms with Crippen molar-refractivity contribution in [1.29, 1.82) is 0 Å². The van der Waals surface area contributed by atoms with Crippen LogP contribution in [-0.4, -0.2) is 72.9 Å². The highest BCUT2D eigenvalue weighted by Gasteiger charge is 2.53. The Morgan fingerprint density at radius 2 is 2.13 bits per heavy atom. The number of sulfonamides is 1. The fourth-order valence-electron chi connectivity index (χ4n) is 3.51. The van der Waals surface area contributed by atoms with Crippen LogP contribution in [0.1, 0.15) is 16.9 Å². The molecule has 1 aromatic heterocycles. The van der Waals surface area contributed by atoms with Gasteiger partial charge in [-0.15, -0.1) is 11.3 Å². The molecule has 2 saturated heterocycles. The average molecular weight is 358 g/mol. The zero-order chi connectivity index (χ0) is 16.8. The summed E-state index contributed by atoms with van der Waals surface area (Å²) in [7, 11) is -2.05. The van der Waals surface area contributed by atoms with Gasteiger partial charge in [-0.1, -0.05) is 0 Å². The molecular formula is C13H18N4O4S2. The Balaban J connectivity index is 1.82. The molecule has 8 nitrogen and oxygen atoms in total. The van der Waals surface area contributed by atoms with Gasteiger partial charge >= 0.3 is 0 Å². The lowest BCUT2D eigenvalue weighted by molar-refractivity contribution is -0.124. The van der Waals surface area contributed by atoms with Crippen LogP contribution in [0.3, 0.4) is 0 Å². The molecular weight excluding hydrogens is 340 g/mol. The van der Waals surface area contributed by atoms with E-state index in [1.807, 2.05) is 0 Å². The first-order chi connectivity index (χ1) is 10.8. The van der Waals surface area contributed by atoms with Crippen LogP contribution in [0.5, 0.6) is 0 Å². The number of likely N-dealkylation sites (tertiary alicyclic amines) is 1. The van der Waals surface area contributed by atoms with E-state index in [0.29, 0.717) is 25.2 Å². The van der Waals surface area contributed by atoms with Gasteiger partial charge in [0, 0.05) is 31.6 Å². The standard InChI is InChI=1S/C13H18N4O4S2/c1-14-12(18)10-3-8-4-16(13(19)9-6-22-7-15-9)5-11(8)17(10)23(2,20)21/h6-8,10-11H,3-5H2,1-2H3,(H,14,18)/t8-,10-,11+/m1/s1. The van der Waals surface area contributed by atoms with Gasteiger partial charge in [0.15, 0.2) is 0 Å². The SMILES string of the molecule is CNC(=O)[C@H]1C[C@@H]2CN(C(=O)c3cscn3)C[C@@H]2N1S(C)(=O)=O. The normalized spacial score (nSPS) is 27.9. The number of amides is 2. The number of rotatable bonds is 3. The Hall–Kier alpha value is -1.52. The molecule has 2 fully saturated rings. The Labute approximate surface area is 138 Å². The number of thiazole rings is 1. The summed E-state index contributed by atoms with van der Waals surface area (Å²) in [6.45, 7) is 0.738. The third-order valence-corrected chi connectivity index (χ3v) is 6.31. The van der Waals surface area contributed by atoms with Gasteiger partial charge in [0.25, 0.3) is 5.91 Å². The predicted molar refractivity (Wildman–Crippen MR) is 84.5 cm³/mol. The van der Waals surface area contributed by atoms with Crippen molar-refractivity contribution in [2.75, 3.05) is 26.4 Å². The number of carbonyl (C=O) groups is 2. The highest BCUT2D eigenvalue weighted by Crippen LogP contribution is 2.37. The Morgan fingerprint density at radius 1 is 1.39 bits per heavy atom. The molecule has 0 saturated carbocycles. The first-order valence-corrected chi connectivity index (χ1v) is 9.99. The fraction of sp³-hybridized carbons (Fsp3) is 0.615. The summed E-state index contributed by atoms with van der Waals surface area (Å²) in [6, 6.07) is -1.04. The smallest absolute Gasteiger partial charge is 0.273 e. The van der Waals surface area contributed by atoms with Crippen molar-refractivity contribution >= 4 is 33.2 Å². The van der Waals surface area contributed by atoms with E-state index in [0.717, 1.165) is 6.26 Å². The third kappa shape index (κ3) is 2.86. The van der Waals surface area contributed by atoms with Gasteiger partial charge in [0.05, 0.1) is 11.8 Å². The predicted octanol–water partition coefficient (Wildman–Crippen LogP) is -0.636. The lowest BCUT2D eigenvalue weighted by Gasteiger charge is -2.27. The van der Waals surface area contributed by atoms with Gasteiger partial charge in [-0.05, 0) is 12.3 Å². The van der Waals surface area contributed by atoms with E-state index in [-0.39, 0.29) is 23.8 Å². The maximum atomic E-state index is 12.4. The molecule has 3 rings (SSSR count). The van der Waals surface area contributed by atoms with Gasteiger partial charge in [-0.2, -0.15) is 4.31 Å². The molecule has 10 heteroatoms. The zero-order valence-electron chi connectivity index (χ0n) is 12.8. The molecule has 0 aliphatic carbocycles. The maximum absolute atomic E-state index is 12.4. The number of hydrogen-bond donors (Lipinski definition) is 1. The van der Waals surface area contributed by atoms with Gasteiger partial charge < -0.3 is 10.2 Å². The van der Waals surface area contributed by atoms with Crippen molar-refractivity contribution in [2.45, 2.75) is 18.5 Å². The Kier molecular flexibility index (Phi) is 4.15. The van der Waals surface area contributed by atoms with E-state index in [1.165, 1.54) is 22.7 Å². The topological polar surface area (TPSA) is 99.7 Å². The van der Waals surface area contributed by atoms with Crippen molar-refractivity contribution in [3.63, 3.8) is 0 Å². The molecule has 23 heavy (non-hydrogen) atoms. The van der Waals surface area contributed by atoms with Crippen LogP contribution in [0.2, 0.25) is 0 Å². The molecule has 1 aromatic rings. The number of nitrogens with zero attached hydrogens (tertiary/aromatic N) is 3. The Morgan fingerprint density at radius 3 is 2.70 bits per heavy atom. The second-order valence-electron chi connectivity index (χ2n) is 5.87. The molecule has 2 amide bonds. The second-order valence-corrected chi connectivity index (χ2v) is 8.48. The second kappa shape index (κ2) is 5.84. The monoisotopic (exact) mass is 358 g/mol. The lowest BCUT2D eigenvalue weighted by Crippen LogP contribution is -2.49. The zero-order valence-corrected chi connectivity index (χ0v) is 14.4. The third-order valence-electron chi connectivity index (χ3n) is 4.44. The van der Waals surface area contributed by atoms with E-state index >= 15 is 0 Å². The van der Waals surface area contributed by atoms with Crippen LogP contribution in [0.15, 0.2) is 10.9 Å². The minimum atomic E-state index is -3.54. The van der Waals surface area contributed by atoms with Crippen LogP contribution in [-0.2, 0) is 14.8 Å². The maximum Gasteiger partial charge on any atom is 0.273 e. The van der Waals surface area contributed by atoms with Gasteiger partial charge in [0.2, 0.25) is 15.9 Å². The number of fused-ring (bicyclic) bond motifs is 1. The summed E-state index contributed by atoms with van der Waals surface area (Å²) in [5, 5.41) is 4.20. The number of aromatic nitrogens is 1. The minimum absolute atomic E-state index is 0.0328. The van der Waals surface area contributed by atoms with Crippen LogP contribution in [0.25, 0.3) is 0 Å².